The van der Waals surface area contributed by atoms with Crippen molar-refractivity contribution in [3.63, 3.8) is 0 Å². The number of nitrogens with zero attached hydrogens (tertiary/aromatic N) is 1. The molecule has 0 aromatic rings. The van der Waals surface area contributed by atoms with Gasteiger partial charge in [-0.1, -0.05) is 13.8 Å². The molecule has 19 heavy (non-hydrogen) atoms. The van der Waals surface area contributed by atoms with Crippen LogP contribution in [0.3, 0.4) is 0 Å². The van der Waals surface area contributed by atoms with Crippen LogP contribution in [-0.2, 0) is 4.79 Å². The first-order chi connectivity index (χ1) is 9.07. The van der Waals surface area contributed by atoms with Crippen LogP contribution in [0.2, 0.25) is 0 Å². The lowest BCUT2D eigenvalue weighted by atomic mass is 10.0. The number of carbonyl (C=O) groups is 1. The Morgan fingerprint density at radius 1 is 1.16 bits per heavy atom. The van der Waals surface area contributed by atoms with Crippen LogP contribution in [0.25, 0.3) is 0 Å². The van der Waals surface area contributed by atoms with Gasteiger partial charge < -0.3 is 10.2 Å². The molecule has 2 aliphatic heterocycles. The molecule has 3 fully saturated rings. The summed E-state index contributed by atoms with van der Waals surface area (Å²) in [7, 11) is 0. The molecule has 3 aliphatic rings. The minimum absolute atomic E-state index is 0.0174. The Bertz CT molecular complexity index is 319. The van der Waals surface area contributed by atoms with Crippen LogP contribution in [0.1, 0.15) is 46.0 Å². The molecule has 5 heteroatoms. The summed E-state index contributed by atoms with van der Waals surface area (Å²) in [6.07, 6.45) is 2.04. The van der Waals surface area contributed by atoms with Crippen LogP contribution >= 0.6 is 0 Å². The molecule has 1 aliphatic carbocycles. The van der Waals surface area contributed by atoms with E-state index in [-0.39, 0.29) is 30.8 Å². The van der Waals surface area contributed by atoms with E-state index in [0.29, 0.717) is 6.42 Å². The van der Waals surface area contributed by atoms with Gasteiger partial charge in [-0.3, -0.25) is 4.79 Å². The summed E-state index contributed by atoms with van der Waals surface area (Å²) in [6.45, 7) is 5.65. The van der Waals surface area contributed by atoms with E-state index in [2.05, 4.69) is 5.32 Å². The number of hydrogen-bond acceptors (Lipinski definition) is 2. The second kappa shape index (κ2) is 5.73. The first-order valence-electron chi connectivity index (χ1n) is 7.47. The van der Waals surface area contributed by atoms with Crippen molar-refractivity contribution < 1.29 is 13.6 Å². The van der Waals surface area contributed by atoms with Crippen LogP contribution in [0.15, 0.2) is 0 Å². The number of nitrogens with one attached hydrogen (secondary N) is 1. The SMILES string of the molecule is CC.O=C(C1CCC(F)(F)C1)N1C2CCC1CNC2. The van der Waals surface area contributed by atoms with Crippen molar-refractivity contribution in [3.8, 4) is 0 Å². The zero-order valence-electron chi connectivity index (χ0n) is 11.8. The zero-order valence-corrected chi connectivity index (χ0v) is 11.8. The van der Waals surface area contributed by atoms with Crippen LogP contribution in [0, 0.1) is 5.92 Å². The van der Waals surface area contributed by atoms with Crippen molar-refractivity contribution in [1.82, 2.24) is 10.2 Å². The van der Waals surface area contributed by atoms with Gasteiger partial charge in [-0.2, -0.15) is 0 Å². The fourth-order valence-corrected chi connectivity index (χ4v) is 3.51. The van der Waals surface area contributed by atoms with E-state index < -0.39 is 11.8 Å². The van der Waals surface area contributed by atoms with Gasteiger partial charge in [0.25, 0.3) is 0 Å². The molecule has 3 atom stereocenters. The Balaban J connectivity index is 0.000000637. The Morgan fingerprint density at radius 3 is 2.21 bits per heavy atom. The smallest absolute Gasteiger partial charge is 0.248 e. The van der Waals surface area contributed by atoms with E-state index in [1.54, 1.807) is 0 Å². The lowest BCUT2D eigenvalue weighted by Crippen LogP contribution is -2.55. The number of halogens is 2. The lowest BCUT2D eigenvalue weighted by molar-refractivity contribution is -0.140. The third-order valence-corrected chi connectivity index (χ3v) is 4.39. The topological polar surface area (TPSA) is 32.3 Å². The van der Waals surface area contributed by atoms with E-state index in [1.807, 2.05) is 18.7 Å². The Kier molecular flexibility index (Phi) is 4.43. The Hall–Kier alpha value is -0.710. The predicted molar refractivity (Wildman–Crippen MR) is 70.2 cm³/mol. The predicted octanol–water partition coefficient (Wildman–Crippen LogP) is 2.41. The van der Waals surface area contributed by atoms with E-state index in [4.69, 9.17) is 0 Å². The maximum atomic E-state index is 13.1. The molecular formula is C14H24F2N2O. The van der Waals surface area contributed by atoms with Crippen LogP contribution in [-0.4, -0.2) is 41.9 Å². The van der Waals surface area contributed by atoms with E-state index in [1.165, 1.54) is 0 Å². The monoisotopic (exact) mass is 274 g/mol. The van der Waals surface area contributed by atoms with Crippen LogP contribution in [0.5, 0.6) is 0 Å². The molecule has 110 valence electrons. The average molecular weight is 274 g/mol. The fourth-order valence-electron chi connectivity index (χ4n) is 3.51. The van der Waals surface area contributed by atoms with Gasteiger partial charge in [-0.05, 0) is 19.3 Å². The number of alkyl halides is 2. The third-order valence-electron chi connectivity index (χ3n) is 4.39. The Morgan fingerprint density at radius 2 is 1.74 bits per heavy atom. The molecule has 1 N–H and O–H groups in total. The molecule has 1 saturated carbocycles. The first-order valence-corrected chi connectivity index (χ1v) is 7.47. The van der Waals surface area contributed by atoms with Gasteiger partial charge in [0.2, 0.25) is 11.8 Å². The van der Waals surface area contributed by atoms with Gasteiger partial charge in [-0.25, -0.2) is 8.78 Å². The van der Waals surface area contributed by atoms with Gasteiger partial charge in [0, 0.05) is 43.9 Å². The van der Waals surface area contributed by atoms with E-state index in [0.717, 1.165) is 25.9 Å². The number of rotatable bonds is 1. The maximum Gasteiger partial charge on any atom is 0.248 e. The quantitative estimate of drug-likeness (QED) is 0.796. The molecule has 2 heterocycles. The van der Waals surface area contributed by atoms with Gasteiger partial charge in [0.1, 0.15) is 0 Å². The minimum Gasteiger partial charge on any atom is -0.334 e. The maximum absolute atomic E-state index is 13.1. The molecule has 3 unspecified atom stereocenters. The van der Waals surface area contributed by atoms with Crippen molar-refractivity contribution in [2.75, 3.05) is 13.1 Å². The molecule has 0 aromatic heterocycles. The summed E-state index contributed by atoms with van der Waals surface area (Å²) < 4.78 is 26.3. The first kappa shape index (κ1) is 14.7. The normalized spacial score (nSPS) is 35.8. The molecular weight excluding hydrogens is 250 g/mol. The molecule has 3 nitrogen and oxygen atoms in total. The summed E-state index contributed by atoms with van der Waals surface area (Å²) in [6, 6.07) is 0.492. The third kappa shape index (κ3) is 2.91. The Labute approximate surface area is 113 Å². The second-order valence-electron chi connectivity index (χ2n) is 5.58. The van der Waals surface area contributed by atoms with Gasteiger partial charge in [-0.15, -0.1) is 0 Å². The summed E-state index contributed by atoms with van der Waals surface area (Å²) in [5, 5.41) is 3.30. The van der Waals surface area contributed by atoms with Crippen molar-refractivity contribution >= 4 is 5.91 Å². The van der Waals surface area contributed by atoms with Crippen molar-refractivity contribution in [2.45, 2.75) is 64.0 Å². The van der Waals surface area contributed by atoms with Crippen molar-refractivity contribution in [2.24, 2.45) is 5.92 Å². The largest absolute Gasteiger partial charge is 0.334 e. The summed E-state index contributed by atoms with van der Waals surface area (Å²) in [5.74, 6) is -3.07. The second-order valence-corrected chi connectivity index (χ2v) is 5.58. The number of carbonyl (C=O) groups excluding carboxylic acids is 1. The van der Waals surface area contributed by atoms with Crippen molar-refractivity contribution in [1.29, 1.82) is 0 Å². The fraction of sp³-hybridized carbons (Fsp3) is 0.929. The summed E-state index contributed by atoms with van der Waals surface area (Å²) in [5.41, 5.74) is 0. The molecule has 0 aromatic carbocycles. The van der Waals surface area contributed by atoms with Crippen LogP contribution in [0.4, 0.5) is 8.78 Å². The zero-order chi connectivity index (χ0) is 14.0. The number of hydrogen-bond donors (Lipinski definition) is 1. The van der Waals surface area contributed by atoms with E-state index >= 15 is 0 Å². The number of amides is 1. The summed E-state index contributed by atoms with van der Waals surface area (Å²) >= 11 is 0. The summed E-state index contributed by atoms with van der Waals surface area (Å²) in [4.78, 5) is 14.2. The molecule has 2 saturated heterocycles. The van der Waals surface area contributed by atoms with E-state index in [9.17, 15) is 13.6 Å². The highest BCUT2D eigenvalue weighted by atomic mass is 19.3. The lowest BCUT2D eigenvalue weighted by Gasteiger charge is -2.37. The average Bonchev–Trinajstić information content (AvgIpc) is 2.88. The minimum atomic E-state index is -2.62. The number of fused-ring (bicyclic) bond motifs is 2. The molecule has 0 radical (unpaired) electrons. The number of piperazine rings is 1. The molecule has 1 amide bonds. The molecule has 3 rings (SSSR count). The molecule has 2 bridgehead atoms. The highest BCUT2D eigenvalue weighted by Gasteiger charge is 2.47. The highest BCUT2D eigenvalue weighted by Crippen LogP contribution is 2.41. The molecule has 0 spiro atoms. The van der Waals surface area contributed by atoms with Crippen LogP contribution < -0.4 is 5.32 Å². The highest BCUT2D eigenvalue weighted by molar-refractivity contribution is 5.80. The van der Waals surface area contributed by atoms with Gasteiger partial charge >= 0.3 is 0 Å². The van der Waals surface area contributed by atoms with Gasteiger partial charge in [0.15, 0.2) is 0 Å². The van der Waals surface area contributed by atoms with Crippen molar-refractivity contribution in [3.05, 3.63) is 0 Å². The standard InChI is InChI=1S/C12H18F2N2O.C2H6/c13-12(14)4-3-8(5-12)11(17)16-9-1-2-10(16)7-15-6-9;1-2/h8-10,15H,1-7H2;1-2H3. The van der Waals surface area contributed by atoms with Gasteiger partial charge in [0.05, 0.1) is 0 Å².